The van der Waals surface area contributed by atoms with E-state index in [1.165, 1.54) is 6.07 Å². The van der Waals surface area contributed by atoms with E-state index in [1.807, 2.05) is 31.2 Å². The normalized spacial score (nSPS) is 16.2. The van der Waals surface area contributed by atoms with Gasteiger partial charge in [-0.05, 0) is 57.0 Å². The van der Waals surface area contributed by atoms with Crippen molar-refractivity contribution in [1.29, 1.82) is 0 Å². The Hall–Kier alpha value is -3.48. The van der Waals surface area contributed by atoms with E-state index in [0.717, 1.165) is 12.0 Å². The number of piperidine rings is 1. The van der Waals surface area contributed by atoms with Gasteiger partial charge in [-0.15, -0.1) is 0 Å². The Morgan fingerprint density at radius 2 is 1.90 bits per heavy atom. The van der Waals surface area contributed by atoms with Crippen LogP contribution >= 0.6 is 0 Å². The van der Waals surface area contributed by atoms with Gasteiger partial charge in [-0.1, -0.05) is 17.7 Å². The fourth-order valence-corrected chi connectivity index (χ4v) is 3.91. The van der Waals surface area contributed by atoms with Gasteiger partial charge in [0, 0.05) is 36.7 Å². The fourth-order valence-electron chi connectivity index (χ4n) is 3.91. The average molecular weight is 420 g/mol. The second-order valence-electron chi connectivity index (χ2n) is 7.96. The van der Waals surface area contributed by atoms with Crippen LogP contribution in [0.1, 0.15) is 34.6 Å². The topological polar surface area (TPSA) is 67.2 Å². The SMILES string of the molecule is Cc1ccc(C(=O)N2CCCC(C(=O)Nc3ccc(-n4ccnc4C)c(F)c3)C2)cc1. The van der Waals surface area contributed by atoms with Crippen LogP contribution in [0.2, 0.25) is 0 Å². The molecule has 1 fully saturated rings. The highest BCUT2D eigenvalue weighted by Crippen LogP contribution is 2.23. The van der Waals surface area contributed by atoms with Crippen LogP contribution in [0.5, 0.6) is 0 Å². The van der Waals surface area contributed by atoms with E-state index in [1.54, 1.807) is 40.9 Å². The van der Waals surface area contributed by atoms with E-state index < -0.39 is 5.82 Å². The number of likely N-dealkylation sites (tertiary alicyclic amines) is 1. The zero-order valence-corrected chi connectivity index (χ0v) is 17.6. The standard InChI is InChI=1S/C24H25FN4O2/c1-16-5-7-18(8-6-16)24(31)28-12-3-4-19(15-28)23(30)27-20-9-10-22(21(25)14-20)29-13-11-26-17(29)2/h5-11,13-14,19H,3-4,12,15H2,1-2H3,(H,27,30). The monoisotopic (exact) mass is 420 g/mol. The number of benzene rings is 2. The predicted octanol–water partition coefficient (Wildman–Crippen LogP) is 4.12. The van der Waals surface area contributed by atoms with Crippen molar-refractivity contribution in [2.45, 2.75) is 26.7 Å². The van der Waals surface area contributed by atoms with E-state index in [0.29, 0.717) is 42.3 Å². The molecule has 0 aliphatic carbocycles. The molecular formula is C24H25FN4O2. The maximum absolute atomic E-state index is 14.6. The molecule has 1 atom stereocenters. The van der Waals surface area contributed by atoms with E-state index in [-0.39, 0.29) is 17.7 Å². The third-order valence-electron chi connectivity index (χ3n) is 5.68. The molecule has 2 aromatic carbocycles. The van der Waals surface area contributed by atoms with Crippen molar-refractivity contribution in [3.8, 4) is 5.69 Å². The van der Waals surface area contributed by atoms with E-state index in [2.05, 4.69) is 10.3 Å². The Bertz CT molecular complexity index is 1110. The molecule has 160 valence electrons. The summed E-state index contributed by atoms with van der Waals surface area (Å²) in [5, 5.41) is 2.80. The average Bonchev–Trinajstić information content (AvgIpc) is 3.19. The van der Waals surface area contributed by atoms with Gasteiger partial charge >= 0.3 is 0 Å². The van der Waals surface area contributed by atoms with Crippen LogP contribution in [-0.2, 0) is 4.79 Å². The lowest BCUT2D eigenvalue weighted by molar-refractivity contribution is -0.121. The zero-order valence-electron chi connectivity index (χ0n) is 17.6. The summed E-state index contributed by atoms with van der Waals surface area (Å²) in [4.78, 5) is 31.4. The zero-order chi connectivity index (χ0) is 22.0. The number of imidazole rings is 1. The van der Waals surface area contributed by atoms with Crippen molar-refractivity contribution in [3.63, 3.8) is 0 Å². The van der Waals surface area contributed by atoms with Crippen molar-refractivity contribution in [2.24, 2.45) is 5.92 Å². The maximum atomic E-state index is 14.6. The van der Waals surface area contributed by atoms with Crippen LogP contribution in [0, 0.1) is 25.6 Å². The number of carbonyl (C=O) groups excluding carboxylic acids is 2. The number of nitrogens with one attached hydrogen (secondary N) is 1. The molecule has 0 saturated carbocycles. The van der Waals surface area contributed by atoms with Gasteiger partial charge in [0.05, 0.1) is 11.6 Å². The van der Waals surface area contributed by atoms with E-state index >= 15 is 0 Å². The summed E-state index contributed by atoms with van der Waals surface area (Å²) < 4.78 is 16.3. The summed E-state index contributed by atoms with van der Waals surface area (Å²) in [6, 6.07) is 12.0. The Balaban J connectivity index is 1.42. The third-order valence-corrected chi connectivity index (χ3v) is 5.68. The van der Waals surface area contributed by atoms with Gasteiger partial charge < -0.3 is 14.8 Å². The lowest BCUT2D eigenvalue weighted by Crippen LogP contribution is -2.43. The quantitative estimate of drug-likeness (QED) is 0.690. The number of hydrogen-bond donors (Lipinski definition) is 1. The predicted molar refractivity (Wildman–Crippen MR) is 117 cm³/mol. The Labute approximate surface area is 180 Å². The highest BCUT2D eigenvalue weighted by molar-refractivity contribution is 5.96. The van der Waals surface area contributed by atoms with Gasteiger partial charge in [0.25, 0.3) is 5.91 Å². The lowest BCUT2D eigenvalue weighted by Gasteiger charge is -2.32. The molecule has 1 aliphatic rings. The van der Waals surface area contributed by atoms with Gasteiger partial charge in [0.1, 0.15) is 11.6 Å². The Morgan fingerprint density at radius 3 is 2.58 bits per heavy atom. The second kappa shape index (κ2) is 8.71. The van der Waals surface area contributed by atoms with Gasteiger partial charge in [-0.25, -0.2) is 9.37 Å². The first-order valence-electron chi connectivity index (χ1n) is 10.4. The highest BCUT2D eigenvalue weighted by atomic mass is 19.1. The molecule has 1 N–H and O–H groups in total. The number of aryl methyl sites for hydroxylation is 2. The van der Waals surface area contributed by atoms with Gasteiger partial charge in [0.2, 0.25) is 5.91 Å². The van der Waals surface area contributed by atoms with E-state index in [4.69, 9.17) is 0 Å². The van der Waals surface area contributed by atoms with Crippen molar-refractivity contribution in [1.82, 2.24) is 14.5 Å². The molecule has 3 aromatic rings. The van der Waals surface area contributed by atoms with E-state index in [9.17, 15) is 14.0 Å². The number of halogens is 1. The minimum atomic E-state index is -0.446. The molecular weight excluding hydrogens is 395 g/mol. The van der Waals surface area contributed by atoms with Crippen LogP contribution in [0.3, 0.4) is 0 Å². The molecule has 0 spiro atoms. The molecule has 1 unspecified atom stereocenters. The Kier molecular flexibility index (Phi) is 5.84. The number of anilines is 1. The molecule has 31 heavy (non-hydrogen) atoms. The molecule has 4 rings (SSSR count). The fraction of sp³-hybridized carbons (Fsp3) is 0.292. The summed E-state index contributed by atoms with van der Waals surface area (Å²) in [5.41, 5.74) is 2.49. The highest BCUT2D eigenvalue weighted by Gasteiger charge is 2.29. The van der Waals surface area contributed by atoms with Crippen molar-refractivity contribution in [3.05, 3.63) is 77.6 Å². The largest absolute Gasteiger partial charge is 0.338 e. The van der Waals surface area contributed by atoms with Crippen LogP contribution in [0.15, 0.2) is 54.9 Å². The summed E-state index contributed by atoms with van der Waals surface area (Å²) in [6.45, 7) is 4.75. The van der Waals surface area contributed by atoms with Crippen LogP contribution in [0.4, 0.5) is 10.1 Å². The van der Waals surface area contributed by atoms with Gasteiger partial charge in [-0.3, -0.25) is 9.59 Å². The number of nitrogens with zero attached hydrogens (tertiary/aromatic N) is 3. The number of carbonyl (C=O) groups is 2. The summed E-state index contributed by atoms with van der Waals surface area (Å²) in [6.07, 6.45) is 4.74. The van der Waals surface area contributed by atoms with Crippen LogP contribution in [0.25, 0.3) is 5.69 Å². The number of amides is 2. The Morgan fingerprint density at radius 1 is 1.13 bits per heavy atom. The van der Waals surface area contributed by atoms with Crippen molar-refractivity contribution in [2.75, 3.05) is 18.4 Å². The number of rotatable bonds is 4. The number of aromatic nitrogens is 2. The first-order chi connectivity index (χ1) is 14.9. The first kappa shape index (κ1) is 20.8. The van der Waals surface area contributed by atoms with Gasteiger partial charge in [-0.2, -0.15) is 0 Å². The summed E-state index contributed by atoms with van der Waals surface area (Å²) in [7, 11) is 0. The number of hydrogen-bond acceptors (Lipinski definition) is 3. The van der Waals surface area contributed by atoms with Crippen LogP contribution in [-0.4, -0.2) is 39.4 Å². The minimum absolute atomic E-state index is 0.0661. The molecule has 2 amide bonds. The molecule has 1 aromatic heterocycles. The molecule has 0 bridgehead atoms. The van der Waals surface area contributed by atoms with Crippen molar-refractivity contribution >= 4 is 17.5 Å². The maximum Gasteiger partial charge on any atom is 0.253 e. The molecule has 1 saturated heterocycles. The smallest absolute Gasteiger partial charge is 0.253 e. The summed E-state index contributed by atoms with van der Waals surface area (Å²) >= 11 is 0. The molecule has 6 nitrogen and oxygen atoms in total. The minimum Gasteiger partial charge on any atom is -0.338 e. The van der Waals surface area contributed by atoms with Crippen LogP contribution < -0.4 is 5.32 Å². The second-order valence-corrected chi connectivity index (χ2v) is 7.96. The molecule has 2 heterocycles. The lowest BCUT2D eigenvalue weighted by atomic mass is 9.96. The molecule has 1 aliphatic heterocycles. The summed E-state index contributed by atoms with van der Waals surface area (Å²) in [5.74, 6) is -0.368. The first-order valence-corrected chi connectivity index (χ1v) is 10.4. The van der Waals surface area contributed by atoms with Crippen molar-refractivity contribution < 1.29 is 14.0 Å². The molecule has 7 heteroatoms. The molecule has 0 radical (unpaired) electrons. The van der Waals surface area contributed by atoms with Gasteiger partial charge in [0.15, 0.2) is 0 Å². The third kappa shape index (κ3) is 4.50.